The van der Waals surface area contributed by atoms with E-state index < -0.39 is 24.2 Å². The van der Waals surface area contributed by atoms with Crippen molar-refractivity contribution in [1.29, 1.82) is 16.2 Å². The summed E-state index contributed by atoms with van der Waals surface area (Å²) in [5.74, 6) is -0.898. The van der Waals surface area contributed by atoms with E-state index in [0.29, 0.717) is 88.4 Å². The molecule has 482 valence electrons. The number of nitrogen functional groups attached to an aromatic ring is 1. The Labute approximate surface area is 524 Å². The van der Waals surface area contributed by atoms with Gasteiger partial charge < -0.3 is 64.4 Å². The molecule has 8 amide bonds. The maximum atomic E-state index is 13.3. The first kappa shape index (κ1) is 68.7. The molecular weight excluding hydrogens is 1130 g/mol. The Hall–Kier alpha value is -7.81. The fourth-order valence-electron chi connectivity index (χ4n) is 13.3. The number of nitrogens with one attached hydrogen (secondary N) is 6. The highest BCUT2D eigenvalue weighted by Crippen LogP contribution is 2.37. The zero-order chi connectivity index (χ0) is 64.1. The van der Waals surface area contributed by atoms with Crippen molar-refractivity contribution in [1.82, 2.24) is 30.7 Å². The normalized spacial score (nSPS) is 20.3. The summed E-state index contributed by atoms with van der Waals surface area (Å²) in [6, 6.07) is 20.5. The van der Waals surface area contributed by atoms with Gasteiger partial charge in [0.05, 0.1) is 6.04 Å². The second-order valence-corrected chi connectivity index (χ2v) is 25.4. The number of hydrogen-bond acceptors (Lipinski definition) is 12. The maximum absolute atomic E-state index is 13.3. The lowest BCUT2D eigenvalue weighted by molar-refractivity contribution is -0.153. The van der Waals surface area contributed by atoms with Gasteiger partial charge in [0.15, 0.2) is 0 Å². The Balaban J connectivity index is 0.000000191. The summed E-state index contributed by atoms with van der Waals surface area (Å²) >= 11 is 0. The van der Waals surface area contributed by atoms with E-state index in [4.69, 9.17) is 39.2 Å². The molecule has 3 aromatic rings. The van der Waals surface area contributed by atoms with E-state index in [-0.39, 0.29) is 95.5 Å². The molecule has 0 spiro atoms. The first-order valence-electron chi connectivity index (χ1n) is 32.5. The number of rotatable bonds is 24. The second kappa shape index (κ2) is 33.7. The number of nitrogens with zero attached hydrogens (tertiary/aromatic N) is 3. The van der Waals surface area contributed by atoms with Crippen molar-refractivity contribution in [3.05, 3.63) is 106 Å². The van der Waals surface area contributed by atoms with Crippen molar-refractivity contribution in [2.45, 2.75) is 199 Å². The lowest BCUT2D eigenvalue weighted by atomic mass is 9.76. The quantitative estimate of drug-likeness (QED) is 0.0338. The van der Waals surface area contributed by atoms with E-state index in [9.17, 15) is 38.4 Å². The standard InChI is InChI=1S/C24H34N4O3.C23H33N5O3.C21H30N4O2/c1-16(25)18-9-7-17(8-10-18)15-27-23(30)21-13-14-28(21)24(31)20(11-12-22(26)29)19-5-3-2-4-6-19;24-20(29)11-10-18(16-4-2-1-3-5-16)23(31)28-13-12-19(28)22(30)27-14-15-6-8-17(9-7-15)21(25)26;1-14(22)16-9-7-15(8-10-16)13-24-20(26)18-11-12-25(18)21(27)19(23)17-5-3-2-4-6-17/h7-10,19-21,25H,2-6,11-15H2,1H3,(H2,26,29)(H,27,30);6-9,16,18-19H,1-5,10-14H2,(H2,24,29)(H3,25,26)(H,27,30);7-10,17-19,22H,2-6,11-13,23H2,1H3,(H,24,26)/t20-,21+;2*18-,19+/m110/s1. The van der Waals surface area contributed by atoms with Gasteiger partial charge >= 0.3 is 0 Å². The van der Waals surface area contributed by atoms with E-state index in [1.54, 1.807) is 40.7 Å². The Kier molecular flexibility index (Phi) is 26.0. The minimum atomic E-state index is -0.474. The predicted octanol–water partition coefficient (Wildman–Crippen LogP) is 6.60. The molecule has 6 fully saturated rings. The summed E-state index contributed by atoms with van der Waals surface area (Å²) in [6.07, 6.45) is 19.7. The van der Waals surface area contributed by atoms with Gasteiger partial charge in [0.2, 0.25) is 47.3 Å². The lowest BCUT2D eigenvalue weighted by Crippen LogP contribution is -2.62. The molecule has 0 unspecified atom stereocenters. The molecule has 0 radical (unpaired) electrons. The number of carbonyl (C=O) groups excluding carboxylic acids is 8. The molecule has 6 aliphatic rings. The number of carbonyl (C=O) groups is 8. The lowest BCUT2D eigenvalue weighted by Gasteiger charge is -2.43. The Morgan fingerprint density at radius 2 is 0.719 bits per heavy atom. The van der Waals surface area contributed by atoms with Crippen LogP contribution >= 0.6 is 0 Å². The van der Waals surface area contributed by atoms with Crippen molar-refractivity contribution in [3.63, 3.8) is 0 Å². The topological polar surface area (TPSA) is 358 Å². The minimum absolute atomic E-state index is 0.00284. The molecule has 9 rings (SSSR count). The number of amides is 8. The summed E-state index contributed by atoms with van der Waals surface area (Å²) in [7, 11) is 0. The van der Waals surface area contributed by atoms with E-state index in [1.165, 1.54) is 19.3 Å². The molecule has 3 aliphatic heterocycles. The van der Waals surface area contributed by atoms with Crippen molar-refractivity contribution in [2.24, 2.45) is 52.5 Å². The van der Waals surface area contributed by atoms with Gasteiger partial charge in [0, 0.05) is 80.9 Å². The van der Waals surface area contributed by atoms with Crippen LogP contribution in [-0.4, -0.2) is 123 Å². The molecule has 21 heteroatoms. The zero-order valence-corrected chi connectivity index (χ0v) is 52.3. The van der Waals surface area contributed by atoms with Gasteiger partial charge in [0.1, 0.15) is 24.0 Å². The van der Waals surface area contributed by atoms with Crippen molar-refractivity contribution >= 4 is 64.5 Å². The molecule has 3 saturated carbocycles. The molecule has 6 atom stereocenters. The molecule has 0 bridgehead atoms. The number of benzene rings is 3. The summed E-state index contributed by atoms with van der Waals surface area (Å²) in [5.41, 5.74) is 28.6. The molecule has 89 heavy (non-hydrogen) atoms. The molecular formula is C68H97N13O8. The number of amidine groups is 1. The van der Waals surface area contributed by atoms with Crippen LogP contribution in [0.4, 0.5) is 0 Å². The van der Waals surface area contributed by atoms with Crippen molar-refractivity contribution in [3.8, 4) is 0 Å². The van der Waals surface area contributed by atoms with Crippen LogP contribution in [0.3, 0.4) is 0 Å². The second-order valence-electron chi connectivity index (χ2n) is 25.4. The van der Waals surface area contributed by atoms with Gasteiger partial charge in [-0.25, -0.2) is 0 Å². The average molecular weight is 1220 g/mol. The maximum Gasteiger partial charge on any atom is 0.243 e. The highest BCUT2D eigenvalue weighted by atomic mass is 16.2. The minimum Gasteiger partial charge on any atom is -0.384 e. The smallest absolute Gasteiger partial charge is 0.243 e. The van der Waals surface area contributed by atoms with Gasteiger partial charge in [0.25, 0.3) is 0 Å². The summed E-state index contributed by atoms with van der Waals surface area (Å²) < 4.78 is 0. The Morgan fingerprint density at radius 3 is 0.989 bits per heavy atom. The van der Waals surface area contributed by atoms with Crippen LogP contribution in [0, 0.1) is 45.8 Å². The third kappa shape index (κ3) is 19.6. The summed E-state index contributed by atoms with van der Waals surface area (Å²) in [6.45, 7) is 6.42. The molecule has 14 N–H and O–H groups in total. The van der Waals surface area contributed by atoms with E-state index in [2.05, 4.69) is 16.0 Å². The number of likely N-dealkylation sites (tertiary alicyclic amines) is 3. The number of primary amides is 2. The van der Waals surface area contributed by atoms with E-state index in [0.717, 1.165) is 105 Å². The monoisotopic (exact) mass is 1220 g/mol. The van der Waals surface area contributed by atoms with Gasteiger partial charge in [-0.05, 0) is 130 Å². The van der Waals surface area contributed by atoms with Crippen LogP contribution in [0.15, 0.2) is 72.8 Å². The van der Waals surface area contributed by atoms with Crippen LogP contribution in [0.5, 0.6) is 0 Å². The summed E-state index contributed by atoms with van der Waals surface area (Å²) in [5, 5.41) is 31.5. The molecule has 3 aromatic carbocycles. The third-order valence-electron chi connectivity index (χ3n) is 19.2. The fourth-order valence-corrected chi connectivity index (χ4v) is 13.3. The van der Waals surface area contributed by atoms with Gasteiger partial charge in [-0.15, -0.1) is 0 Å². The Bertz CT molecular complexity index is 2820. The van der Waals surface area contributed by atoms with Crippen LogP contribution in [-0.2, 0) is 58.0 Å². The Morgan fingerprint density at radius 1 is 0.427 bits per heavy atom. The van der Waals surface area contributed by atoms with Gasteiger partial charge in [-0.1, -0.05) is 131 Å². The summed E-state index contributed by atoms with van der Waals surface area (Å²) in [4.78, 5) is 105. The van der Waals surface area contributed by atoms with E-state index in [1.807, 2.05) is 60.7 Å². The first-order chi connectivity index (χ1) is 42.7. The fraction of sp³-hybridized carbons (Fsp3) is 0.574. The van der Waals surface area contributed by atoms with Crippen LogP contribution in [0.2, 0.25) is 0 Å². The molecule has 3 aliphatic carbocycles. The third-order valence-corrected chi connectivity index (χ3v) is 19.2. The van der Waals surface area contributed by atoms with Crippen LogP contribution < -0.4 is 38.9 Å². The SMILES string of the molecule is CC(=N)c1ccc(CNC(=O)[C@@H]2CCN2C(=O)[C@H](CCC(N)=O)C2CCCCC2)cc1.CC(=N)c1ccc(CNC(=O)[C@@H]2CCN2C(=O)[C@H](N)C2CCCCC2)cc1.N=C(N)c1ccc(CNC(=O)[C@@H]2CCN2C(=O)[C@H](CCC(N)=O)C2CCCCC2)cc1. The zero-order valence-electron chi connectivity index (χ0n) is 52.3. The molecule has 3 heterocycles. The molecule has 0 aromatic heterocycles. The van der Waals surface area contributed by atoms with Gasteiger partial charge in [-0.3, -0.25) is 43.8 Å². The largest absolute Gasteiger partial charge is 0.384 e. The van der Waals surface area contributed by atoms with Crippen molar-refractivity contribution < 1.29 is 38.4 Å². The van der Waals surface area contributed by atoms with Crippen molar-refractivity contribution in [2.75, 3.05) is 19.6 Å². The van der Waals surface area contributed by atoms with Crippen LogP contribution in [0.25, 0.3) is 0 Å². The highest BCUT2D eigenvalue weighted by Gasteiger charge is 2.45. The van der Waals surface area contributed by atoms with E-state index >= 15 is 0 Å². The number of hydrogen-bond donors (Lipinski definition) is 10. The molecule has 21 nitrogen and oxygen atoms in total. The predicted molar refractivity (Wildman–Crippen MR) is 343 cm³/mol. The van der Waals surface area contributed by atoms with Gasteiger partial charge in [-0.2, -0.15) is 0 Å². The number of nitrogens with two attached hydrogens (primary N) is 4. The highest BCUT2D eigenvalue weighted by molar-refractivity contribution is 5.97. The first-order valence-corrected chi connectivity index (χ1v) is 32.5. The molecule has 3 saturated heterocycles. The average Bonchev–Trinajstić information content (AvgIpc) is 1.35. The van der Waals surface area contributed by atoms with Crippen LogP contribution in [0.1, 0.15) is 188 Å².